The molecule has 0 radical (unpaired) electrons. The van der Waals surface area contributed by atoms with Crippen molar-refractivity contribution in [2.24, 2.45) is 5.92 Å². The van der Waals surface area contributed by atoms with Gasteiger partial charge in [-0.3, -0.25) is 4.79 Å². The quantitative estimate of drug-likeness (QED) is 0.830. The molecule has 1 aromatic carbocycles. The Bertz CT molecular complexity index is 831. The van der Waals surface area contributed by atoms with E-state index in [2.05, 4.69) is 15.2 Å². The lowest BCUT2D eigenvalue weighted by Crippen LogP contribution is -2.57. The minimum Gasteiger partial charge on any atom is -0.348 e. The number of alkyl halides is 3. The monoisotopic (exact) mass is 407 g/mol. The second-order valence-corrected chi connectivity index (χ2v) is 8.32. The fourth-order valence-corrected chi connectivity index (χ4v) is 4.54. The molecule has 3 fully saturated rings. The summed E-state index contributed by atoms with van der Waals surface area (Å²) < 4.78 is 37.8. The summed E-state index contributed by atoms with van der Waals surface area (Å²) in [5, 5.41) is 3.62. The van der Waals surface area contributed by atoms with E-state index in [4.69, 9.17) is 0 Å². The molecule has 4 nitrogen and oxygen atoms in total. The highest BCUT2D eigenvalue weighted by atomic mass is 32.2. The van der Waals surface area contributed by atoms with Gasteiger partial charge >= 0.3 is 6.18 Å². The Morgan fingerprint density at radius 3 is 2.36 bits per heavy atom. The van der Waals surface area contributed by atoms with Crippen LogP contribution in [0.3, 0.4) is 0 Å². The van der Waals surface area contributed by atoms with E-state index < -0.39 is 11.7 Å². The first-order valence-electron chi connectivity index (χ1n) is 9.23. The molecule has 1 aromatic heterocycles. The number of pyridine rings is 1. The molecular weight excluding hydrogens is 387 g/mol. The van der Waals surface area contributed by atoms with Crippen molar-refractivity contribution in [3.8, 4) is 0 Å². The van der Waals surface area contributed by atoms with E-state index in [9.17, 15) is 18.0 Å². The molecule has 8 heteroatoms. The summed E-state index contributed by atoms with van der Waals surface area (Å²) in [6.07, 6.45) is -1.28. The van der Waals surface area contributed by atoms with E-state index >= 15 is 0 Å². The van der Waals surface area contributed by atoms with Gasteiger partial charge in [0.1, 0.15) is 5.03 Å². The van der Waals surface area contributed by atoms with E-state index in [-0.39, 0.29) is 11.9 Å². The number of fused-ring (bicyclic) bond motifs is 3. The standard InChI is InChI=1S/C20H20F3N3OS/c21-20(22,23)15-3-6-18(24-11-15)28-16-4-1-14(2-5-16)19(27)25-17-12-26-9-7-13(17)8-10-26/h1-6,11,13,17H,7-10,12H2,(H,25,27)/t17-/m0/s1. The Hall–Kier alpha value is -2.06. The molecular formula is C20H20F3N3OS. The van der Waals surface area contributed by atoms with E-state index in [0.717, 1.165) is 49.6 Å². The largest absolute Gasteiger partial charge is 0.417 e. The number of carbonyl (C=O) groups excluding carboxylic acids is 1. The number of piperidine rings is 3. The maximum absolute atomic E-state index is 12.6. The normalized spacial score (nSPS) is 24.2. The molecule has 0 saturated carbocycles. The first-order chi connectivity index (χ1) is 13.4. The average molecular weight is 407 g/mol. The Kier molecular flexibility index (Phi) is 5.33. The zero-order chi connectivity index (χ0) is 19.7. The van der Waals surface area contributed by atoms with Crippen LogP contribution in [0.25, 0.3) is 0 Å². The first kappa shape index (κ1) is 19.3. The fraction of sp³-hybridized carbons (Fsp3) is 0.400. The van der Waals surface area contributed by atoms with Gasteiger partial charge in [-0.05, 0) is 68.2 Å². The van der Waals surface area contributed by atoms with Crippen molar-refractivity contribution < 1.29 is 18.0 Å². The molecule has 3 aliphatic heterocycles. The number of nitrogens with one attached hydrogen (secondary N) is 1. The van der Waals surface area contributed by atoms with Crippen LogP contribution >= 0.6 is 11.8 Å². The number of rotatable bonds is 4. The zero-order valence-electron chi connectivity index (χ0n) is 15.1. The van der Waals surface area contributed by atoms with Gasteiger partial charge in [-0.25, -0.2) is 4.98 Å². The zero-order valence-corrected chi connectivity index (χ0v) is 15.9. The SMILES string of the molecule is O=C(N[C@H]1CN2CCC1CC2)c1ccc(Sc2ccc(C(F)(F)F)cn2)cc1. The number of hydrogen-bond donors (Lipinski definition) is 1. The van der Waals surface area contributed by atoms with Crippen molar-refractivity contribution >= 4 is 17.7 Å². The molecule has 148 valence electrons. The summed E-state index contributed by atoms with van der Waals surface area (Å²) in [6.45, 7) is 3.17. The van der Waals surface area contributed by atoms with Crippen LogP contribution in [0.1, 0.15) is 28.8 Å². The molecule has 0 unspecified atom stereocenters. The number of benzene rings is 1. The van der Waals surface area contributed by atoms with Crippen LogP contribution < -0.4 is 5.32 Å². The number of halogens is 3. The highest BCUT2D eigenvalue weighted by Gasteiger charge is 2.35. The predicted molar refractivity (Wildman–Crippen MR) is 100 cm³/mol. The molecule has 3 saturated heterocycles. The number of amides is 1. The number of nitrogens with zero attached hydrogens (tertiary/aromatic N) is 2. The smallest absolute Gasteiger partial charge is 0.348 e. The van der Waals surface area contributed by atoms with Crippen LogP contribution in [0.4, 0.5) is 13.2 Å². The van der Waals surface area contributed by atoms with Crippen LogP contribution in [0.5, 0.6) is 0 Å². The third-order valence-corrected chi connectivity index (χ3v) is 6.33. The van der Waals surface area contributed by atoms with Crippen LogP contribution in [0, 0.1) is 5.92 Å². The first-order valence-corrected chi connectivity index (χ1v) is 10.0. The molecule has 0 aliphatic carbocycles. The van der Waals surface area contributed by atoms with Crippen LogP contribution in [0.2, 0.25) is 0 Å². The van der Waals surface area contributed by atoms with Gasteiger partial charge in [-0.1, -0.05) is 11.8 Å². The Morgan fingerprint density at radius 2 is 1.82 bits per heavy atom. The Balaban J connectivity index is 1.36. The second kappa shape index (κ2) is 7.75. The molecule has 0 spiro atoms. The van der Waals surface area contributed by atoms with E-state index in [1.165, 1.54) is 17.8 Å². The summed E-state index contributed by atoms with van der Waals surface area (Å²) in [5.74, 6) is 0.484. The highest BCUT2D eigenvalue weighted by Crippen LogP contribution is 2.32. The van der Waals surface area contributed by atoms with Crippen molar-refractivity contribution in [2.45, 2.75) is 35.0 Å². The molecule has 28 heavy (non-hydrogen) atoms. The molecule has 5 rings (SSSR count). The molecule has 1 amide bonds. The molecule has 3 aliphatic rings. The van der Waals surface area contributed by atoms with E-state index in [1.807, 2.05) is 0 Å². The summed E-state index contributed by atoms with van der Waals surface area (Å²) in [7, 11) is 0. The number of aromatic nitrogens is 1. The van der Waals surface area contributed by atoms with Gasteiger partial charge in [0, 0.05) is 29.2 Å². The van der Waals surface area contributed by atoms with Gasteiger partial charge in [0.15, 0.2) is 0 Å². The third-order valence-electron chi connectivity index (χ3n) is 5.38. The van der Waals surface area contributed by atoms with Crippen molar-refractivity contribution in [2.75, 3.05) is 19.6 Å². The second-order valence-electron chi connectivity index (χ2n) is 7.23. The van der Waals surface area contributed by atoms with Crippen LogP contribution in [-0.2, 0) is 6.18 Å². The summed E-state index contributed by atoms with van der Waals surface area (Å²) in [4.78, 5) is 19.6. The van der Waals surface area contributed by atoms with Gasteiger partial charge in [0.2, 0.25) is 0 Å². The topological polar surface area (TPSA) is 45.2 Å². The van der Waals surface area contributed by atoms with Gasteiger partial charge < -0.3 is 10.2 Å². The fourth-order valence-electron chi connectivity index (χ4n) is 3.78. The average Bonchev–Trinajstić information content (AvgIpc) is 2.69. The van der Waals surface area contributed by atoms with E-state index in [0.29, 0.717) is 16.5 Å². The van der Waals surface area contributed by atoms with E-state index in [1.54, 1.807) is 24.3 Å². The highest BCUT2D eigenvalue weighted by molar-refractivity contribution is 7.99. The lowest BCUT2D eigenvalue weighted by molar-refractivity contribution is -0.137. The predicted octanol–water partition coefficient (Wildman–Crippen LogP) is 4.08. The van der Waals surface area contributed by atoms with Crippen molar-refractivity contribution in [1.82, 2.24) is 15.2 Å². The Morgan fingerprint density at radius 1 is 1.11 bits per heavy atom. The van der Waals surface area contributed by atoms with Crippen molar-refractivity contribution in [3.05, 3.63) is 53.7 Å². The maximum Gasteiger partial charge on any atom is 0.417 e. The lowest BCUT2D eigenvalue weighted by Gasteiger charge is -2.44. The molecule has 4 heterocycles. The molecule has 2 bridgehead atoms. The summed E-state index contributed by atoms with van der Waals surface area (Å²) in [6, 6.07) is 9.63. The molecule has 1 N–H and O–H groups in total. The third kappa shape index (κ3) is 4.33. The van der Waals surface area contributed by atoms with Crippen molar-refractivity contribution in [1.29, 1.82) is 0 Å². The Labute approximate surface area is 165 Å². The summed E-state index contributed by atoms with van der Waals surface area (Å²) >= 11 is 1.26. The summed E-state index contributed by atoms with van der Waals surface area (Å²) in [5.41, 5.74) is -0.183. The number of hydrogen-bond acceptors (Lipinski definition) is 4. The van der Waals surface area contributed by atoms with Crippen molar-refractivity contribution in [3.63, 3.8) is 0 Å². The molecule has 2 aromatic rings. The molecule has 1 atom stereocenters. The maximum atomic E-state index is 12.6. The lowest BCUT2D eigenvalue weighted by atomic mass is 9.84. The van der Waals surface area contributed by atoms with Crippen LogP contribution in [0.15, 0.2) is 52.5 Å². The van der Waals surface area contributed by atoms with Gasteiger partial charge in [0.25, 0.3) is 5.91 Å². The van der Waals surface area contributed by atoms with Gasteiger partial charge in [-0.2, -0.15) is 13.2 Å². The number of carbonyl (C=O) groups is 1. The minimum atomic E-state index is -4.39. The van der Waals surface area contributed by atoms with Gasteiger partial charge in [0.05, 0.1) is 5.56 Å². The van der Waals surface area contributed by atoms with Crippen LogP contribution in [-0.4, -0.2) is 41.5 Å². The van der Waals surface area contributed by atoms with Gasteiger partial charge in [-0.15, -0.1) is 0 Å². The minimum absolute atomic E-state index is 0.0806.